The van der Waals surface area contributed by atoms with E-state index in [1.54, 1.807) is 44.2 Å². The van der Waals surface area contributed by atoms with Gasteiger partial charge in [0.1, 0.15) is 42.3 Å². The van der Waals surface area contributed by atoms with E-state index >= 15 is 0 Å². The van der Waals surface area contributed by atoms with Crippen molar-refractivity contribution in [1.82, 2.24) is 42.1 Å². The summed E-state index contributed by atoms with van der Waals surface area (Å²) in [7, 11) is 0. The molecule has 3 aromatic rings. The number of amides is 10. The molecule has 1 fully saturated rings. The minimum Gasteiger partial charge on any atom is -0.370 e. The highest BCUT2D eigenvalue weighted by molar-refractivity contribution is 7.80. The molecule has 3 aromatic carbocycles. The average molecular weight is 1090 g/mol. The predicted octanol–water partition coefficient (Wildman–Crippen LogP) is -3.10. The highest BCUT2D eigenvalue weighted by Gasteiger charge is 2.40. The number of hydrogen-bond donors (Lipinski definition) is 14. The molecule has 0 spiro atoms. The van der Waals surface area contributed by atoms with Gasteiger partial charge in [0.05, 0.1) is 19.0 Å². The second-order valence-electron chi connectivity index (χ2n) is 18.5. The summed E-state index contributed by atoms with van der Waals surface area (Å²) in [5.41, 5.74) is 28.9. The summed E-state index contributed by atoms with van der Waals surface area (Å²) in [5.74, 6) is -9.27. The maximum Gasteiger partial charge on any atom is 0.246 e. The van der Waals surface area contributed by atoms with Crippen LogP contribution in [0.15, 0.2) is 77.8 Å². The van der Waals surface area contributed by atoms with E-state index in [1.807, 2.05) is 42.5 Å². The van der Waals surface area contributed by atoms with Crippen molar-refractivity contribution in [1.29, 1.82) is 0 Å². The fraction of sp³-hybridized carbons (Fsp3) is 0.460. The van der Waals surface area contributed by atoms with Crippen molar-refractivity contribution < 1.29 is 47.9 Å². The fourth-order valence-corrected chi connectivity index (χ4v) is 8.77. The maximum absolute atomic E-state index is 14.4. The lowest BCUT2D eigenvalue weighted by Gasteiger charge is -2.30. The molecule has 0 aromatic heterocycles. The predicted molar refractivity (Wildman–Crippen MR) is 291 cm³/mol. The van der Waals surface area contributed by atoms with Crippen molar-refractivity contribution in [2.45, 2.75) is 107 Å². The third kappa shape index (κ3) is 18.7. The number of nitrogens with zero attached hydrogens (tertiary/aromatic N) is 2. The average Bonchev–Trinajstić information content (AvgIpc) is 3.89. The van der Waals surface area contributed by atoms with E-state index in [-0.39, 0.29) is 62.7 Å². The van der Waals surface area contributed by atoms with E-state index in [4.69, 9.17) is 28.7 Å². The Morgan fingerprint density at radius 2 is 1.25 bits per heavy atom. The third-order valence-corrected chi connectivity index (χ3v) is 13.1. The van der Waals surface area contributed by atoms with Crippen LogP contribution in [0.4, 0.5) is 0 Å². The Bertz CT molecular complexity index is 2580. The second-order valence-corrected chi connectivity index (χ2v) is 19.3. The van der Waals surface area contributed by atoms with Gasteiger partial charge in [-0.15, -0.1) is 0 Å². The number of likely N-dealkylation sites (tertiary alicyclic amines) is 1. The molecule has 0 bridgehead atoms. The van der Waals surface area contributed by atoms with Crippen LogP contribution in [0.5, 0.6) is 0 Å². The van der Waals surface area contributed by atoms with Crippen LogP contribution in [0.1, 0.15) is 57.1 Å². The van der Waals surface area contributed by atoms with Crippen LogP contribution >= 0.6 is 25.3 Å². The molecule has 26 heteroatoms. The zero-order valence-electron chi connectivity index (χ0n) is 42.4. The Morgan fingerprint density at radius 3 is 1.89 bits per heavy atom. The minimum atomic E-state index is -1.68. The van der Waals surface area contributed by atoms with Gasteiger partial charge in [0.15, 0.2) is 5.96 Å². The largest absolute Gasteiger partial charge is 0.370 e. The lowest BCUT2D eigenvalue weighted by atomic mass is 9.97. The Morgan fingerprint density at radius 1 is 0.645 bits per heavy atom. The SMILES string of the molecule is CC(C)[C@H](NC(=O)[C@H](Cc1ccccc1)NC(=O)[C@@H](Cc1cccc2ccccc12)NC(=O)[C@@H](N)CS)C(=O)N[C@@H](CC(N)=O)C(=O)N[C@@H](CS)C(=O)N1CCC[C@H]1C(=O)N[C@@H](CCCN=C(N)N)C(=O)NCC(N)=O. The van der Waals surface area contributed by atoms with E-state index in [1.165, 1.54) is 4.90 Å². The molecular weight excluding hydrogens is 1020 g/mol. The molecule has 8 atom stereocenters. The molecule has 412 valence electrons. The number of rotatable bonds is 29. The van der Waals surface area contributed by atoms with E-state index in [9.17, 15) is 47.9 Å². The molecule has 1 heterocycles. The van der Waals surface area contributed by atoms with Crippen LogP contribution in [0.25, 0.3) is 10.8 Å². The standard InChI is InChI=1S/C50H70N14O10S2/c1-27(2)41(63-46(71)34(21-28-11-4-3-5-12-28)60-44(69)35(59-42(67)32(51)25-75)22-30-15-8-14-29-13-6-7-16-31(29)30)48(73)61-36(23-39(52)65)45(70)62-37(26-76)49(74)64-20-10-18-38(64)47(72)58-33(17-9-19-56-50(54)55)43(68)57-24-40(53)66/h3-8,11-16,27,32-38,41,75-76H,9-10,17-26,51H2,1-2H3,(H2,52,65)(H2,53,66)(H,57,68)(H,58,72)(H,59,67)(H,60,69)(H,61,73)(H,62,70)(H,63,71)(H4,54,55,56)/t32-,33-,34-,35+,36-,37-,38-,41-/m0/s1. The monoisotopic (exact) mass is 1090 g/mol. The number of fused-ring (bicyclic) bond motifs is 1. The number of guanidine groups is 1. The molecule has 17 N–H and O–H groups in total. The van der Waals surface area contributed by atoms with Gasteiger partial charge in [-0.3, -0.25) is 52.9 Å². The fourth-order valence-electron chi connectivity index (χ4n) is 8.35. The second kappa shape index (κ2) is 30.2. The van der Waals surface area contributed by atoms with E-state index in [0.29, 0.717) is 12.0 Å². The van der Waals surface area contributed by atoms with Crippen LogP contribution in [0.3, 0.4) is 0 Å². The zero-order valence-corrected chi connectivity index (χ0v) is 44.2. The van der Waals surface area contributed by atoms with Crippen molar-refractivity contribution in [2.75, 3.05) is 31.1 Å². The molecule has 76 heavy (non-hydrogen) atoms. The number of carbonyl (C=O) groups is 10. The zero-order chi connectivity index (χ0) is 56.1. The Hall–Kier alpha value is -7.45. The van der Waals surface area contributed by atoms with Gasteiger partial charge in [0, 0.05) is 37.4 Å². The summed E-state index contributed by atoms with van der Waals surface area (Å²) >= 11 is 8.43. The first-order valence-corrected chi connectivity index (χ1v) is 25.9. The molecule has 0 unspecified atom stereocenters. The lowest BCUT2D eigenvalue weighted by molar-refractivity contribution is -0.142. The molecule has 1 aliphatic heterocycles. The number of hydrogen-bond acceptors (Lipinski definition) is 14. The van der Waals surface area contributed by atoms with Gasteiger partial charge < -0.3 is 70.8 Å². The van der Waals surface area contributed by atoms with Crippen molar-refractivity contribution in [3.05, 3.63) is 83.9 Å². The molecular formula is C50H70N14O10S2. The van der Waals surface area contributed by atoms with Gasteiger partial charge in [-0.25, -0.2) is 0 Å². The maximum atomic E-state index is 14.4. The van der Waals surface area contributed by atoms with Gasteiger partial charge in [0.25, 0.3) is 0 Å². The van der Waals surface area contributed by atoms with Crippen molar-refractivity contribution in [3.63, 3.8) is 0 Å². The summed E-state index contributed by atoms with van der Waals surface area (Å²) in [5, 5.41) is 19.9. The molecule has 1 saturated heterocycles. The number of carbonyl (C=O) groups excluding carboxylic acids is 10. The van der Waals surface area contributed by atoms with Crippen molar-refractivity contribution >= 4 is 101 Å². The number of benzene rings is 3. The molecule has 0 radical (unpaired) electrons. The first-order chi connectivity index (χ1) is 36.1. The van der Waals surface area contributed by atoms with E-state index in [0.717, 1.165) is 16.3 Å². The van der Waals surface area contributed by atoms with Gasteiger partial charge in [-0.1, -0.05) is 86.6 Å². The lowest BCUT2D eigenvalue weighted by Crippen LogP contribution is -2.61. The Kier molecular flexibility index (Phi) is 24.3. The van der Waals surface area contributed by atoms with E-state index < -0.39 is 126 Å². The first-order valence-electron chi connectivity index (χ1n) is 24.6. The molecule has 4 rings (SSSR count). The summed E-state index contributed by atoms with van der Waals surface area (Å²) in [6.07, 6.45) is 0.0499. The Balaban J connectivity index is 1.53. The highest BCUT2D eigenvalue weighted by Crippen LogP contribution is 2.22. The number of nitrogens with two attached hydrogens (primary N) is 5. The van der Waals surface area contributed by atoms with Crippen molar-refractivity contribution in [3.8, 4) is 0 Å². The number of thiol groups is 2. The summed E-state index contributed by atoms with van der Waals surface area (Å²) in [6.45, 7) is 2.92. The smallest absolute Gasteiger partial charge is 0.246 e. The highest BCUT2D eigenvalue weighted by atomic mass is 32.1. The van der Waals surface area contributed by atoms with Crippen LogP contribution in [-0.4, -0.2) is 149 Å². The first kappa shape index (κ1) is 61.1. The van der Waals surface area contributed by atoms with E-state index in [2.05, 4.69) is 67.5 Å². The minimum absolute atomic E-state index is 0.0107. The molecule has 0 saturated carbocycles. The summed E-state index contributed by atoms with van der Waals surface area (Å²) in [6, 6.07) is 11.4. The number of nitrogens with one attached hydrogen (secondary N) is 7. The van der Waals surface area contributed by atoms with Gasteiger partial charge in [-0.2, -0.15) is 25.3 Å². The van der Waals surface area contributed by atoms with Crippen LogP contribution in [0.2, 0.25) is 0 Å². The van der Waals surface area contributed by atoms with Crippen LogP contribution in [-0.2, 0) is 60.8 Å². The Labute approximate surface area is 451 Å². The van der Waals surface area contributed by atoms with Crippen molar-refractivity contribution in [2.24, 2.45) is 39.6 Å². The molecule has 24 nitrogen and oxygen atoms in total. The number of aliphatic imine (C=N–C) groups is 1. The van der Waals surface area contributed by atoms with Gasteiger partial charge in [-0.05, 0) is 53.5 Å². The quantitative estimate of drug-likeness (QED) is 0.0142. The summed E-state index contributed by atoms with van der Waals surface area (Å²) < 4.78 is 0. The van der Waals surface area contributed by atoms with Crippen LogP contribution < -0.4 is 65.9 Å². The third-order valence-electron chi connectivity index (χ3n) is 12.3. The topological polar surface area (TPSA) is 401 Å². The molecule has 10 amide bonds. The normalized spacial score (nSPS) is 15.8. The van der Waals surface area contributed by atoms with Crippen LogP contribution in [0, 0.1) is 5.92 Å². The number of primary amides is 2. The van der Waals surface area contributed by atoms with Gasteiger partial charge >= 0.3 is 0 Å². The van der Waals surface area contributed by atoms with Gasteiger partial charge in [0.2, 0.25) is 59.1 Å². The molecule has 1 aliphatic rings. The summed E-state index contributed by atoms with van der Waals surface area (Å²) in [4.78, 5) is 140. The molecule has 0 aliphatic carbocycles.